The summed E-state index contributed by atoms with van der Waals surface area (Å²) in [5.74, 6) is -0.439. The normalized spacial score (nSPS) is 12.3. The number of ether oxygens (including phenoxy) is 2. The molecule has 0 aliphatic carbocycles. The number of carbonyl (C=O) groups is 2. The number of aryl methyl sites for hydroxylation is 2. The van der Waals surface area contributed by atoms with Gasteiger partial charge in [0.25, 0.3) is 0 Å². The fourth-order valence-corrected chi connectivity index (χ4v) is 2.67. The van der Waals surface area contributed by atoms with E-state index in [1.54, 1.807) is 24.3 Å². The van der Waals surface area contributed by atoms with E-state index in [4.69, 9.17) is 9.47 Å². The van der Waals surface area contributed by atoms with E-state index in [-0.39, 0.29) is 6.79 Å². The van der Waals surface area contributed by atoms with Crippen LogP contribution < -0.4 is 20.2 Å². The lowest BCUT2D eigenvalue weighted by Gasteiger charge is -2.06. The zero-order chi connectivity index (χ0) is 18.7. The van der Waals surface area contributed by atoms with Crippen LogP contribution in [0.5, 0.6) is 11.5 Å². The Morgan fingerprint density at radius 1 is 1.08 bits per heavy atom. The van der Waals surface area contributed by atoms with Crippen LogP contribution in [-0.4, -0.2) is 24.8 Å². The van der Waals surface area contributed by atoms with Crippen LogP contribution >= 0.6 is 15.9 Å². The van der Waals surface area contributed by atoms with Crippen molar-refractivity contribution in [1.29, 1.82) is 0 Å². The number of anilines is 1. The van der Waals surface area contributed by atoms with E-state index in [1.807, 2.05) is 19.9 Å². The molecule has 26 heavy (non-hydrogen) atoms. The molecule has 8 heteroatoms. The summed E-state index contributed by atoms with van der Waals surface area (Å²) < 4.78 is 11.3. The van der Waals surface area contributed by atoms with Gasteiger partial charge in [0, 0.05) is 15.7 Å². The van der Waals surface area contributed by atoms with Crippen molar-refractivity contribution in [1.82, 2.24) is 5.43 Å². The Hall–Kier alpha value is -2.87. The molecule has 0 bridgehead atoms. The molecule has 0 atom stereocenters. The Balaban J connectivity index is 1.60. The number of nitrogens with zero attached hydrogens (tertiary/aromatic N) is 1. The monoisotopic (exact) mass is 417 g/mol. The van der Waals surface area contributed by atoms with Crippen LogP contribution in [0.2, 0.25) is 0 Å². The SMILES string of the molecule is Cc1ccc(NC(=O)C(=O)N/N=C\c2cc3c(cc2Br)OCO3)cc1C. The van der Waals surface area contributed by atoms with Crippen molar-refractivity contribution in [2.45, 2.75) is 13.8 Å². The van der Waals surface area contributed by atoms with Crippen molar-refractivity contribution in [3.05, 3.63) is 51.5 Å². The Kier molecular flexibility index (Phi) is 5.22. The fraction of sp³-hybridized carbons (Fsp3) is 0.167. The van der Waals surface area contributed by atoms with Gasteiger partial charge in [0.1, 0.15) is 0 Å². The van der Waals surface area contributed by atoms with Crippen molar-refractivity contribution >= 4 is 39.6 Å². The summed E-state index contributed by atoms with van der Waals surface area (Å²) in [5, 5.41) is 6.34. The van der Waals surface area contributed by atoms with Gasteiger partial charge in [0.05, 0.1) is 6.21 Å². The second kappa shape index (κ2) is 7.57. The molecule has 0 radical (unpaired) electrons. The highest BCUT2D eigenvalue weighted by Crippen LogP contribution is 2.36. The van der Waals surface area contributed by atoms with Crippen LogP contribution in [0.3, 0.4) is 0 Å². The van der Waals surface area contributed by atoms with E-state index in [0.29, 0.717) is 22.7 Å². The largest absolute Gasteiger partial charge is 0.454 e. The van der Waals surface area contributed by atoms with Gasteiger partial charge in [-0.2, -0.15) is 5.10 Å². The Morgan fingerprint density at radius 2 is 1.81 bits per heavy atom. The predicted molar refractivity (Wildman–Crippen MR) is 101 cm³/mol. The number of hydrogen-bond acceptors (Lipinski definition) is 5. The van der Waals surface area contributed by atoms with Gasteiger partial charge < -0.3 is 14.8 Å². The Labute approximate surface area is 158 Å². The third-order valence-electron chi connectivity index (χ3n) is 3.83. The molecule has 2 N–H and O–H groups in total. The van der Waals surface area contributed by atoms with Gasteiger partial charge in [-0.05, 0) is 65.2 Å². The minimum atomic E-state index is -0.864. The zero-order valence-corrected chi connectivity index (χ0v) is 15.7. The van der Waals surface area contributed by atoms with Crippen LogP contribution in [0, 0.1) is 13.8 Å². The maximum absolute atomic E-state index is 11.9. The lowest BCUT2D eigenvalue weighted by molar-refractivity contribution is -0.136. The molecule has 134 valence electrons. The summed E-state index contributed by atoms with van der Waals surface area (Å²) in [5.41, 5.74) is 5.54. The summed E-state index contributed by atoms with van der Waals surface area (Å²) in [6.07, 6.45) is 1.41. The molecule has 0 aromatic heterocycles. The summed E-state index contributed by atoms with van der Waals surface area (Å²) in [4.78, 5) is 23.8. The van der Waals surface area contributed by atoms with Crippen LogP contribution in [0.25, 0.3) is 0 Å². The summed E-state index contributed by atoms with van der Waals surface area (Å²) >= 11 is 3.38. The maximum Gasteiger partial charge on any atom is 0.329 e. The number of fused-ring (bicyclic) bond motifs is 1. The molecular weight excluding hydrogens is 402 g/mol. The summed E-state index contributed by atoms with van der Waals surface area (Å²) in [7, 11) is 0. The highest BCUT2D eigenvalue weighted by molar-refractivity contribution is 9.10. The van der Waals surface area contributed by atoms with E-state index in [1.165, 1.54) is 6.21 Å². The topological polar surface area (TPSA) is 89.0 Å². The van der Waals surface area contributed by atoms with Crippen LogP contribution in [-0.2, 0) is 9.59 Å². The van der Waals surface area contributed by atoms with Crippen molar-refractivity contribution in [3.8, 4) is 11.5 Å². The molecule has 0 unspecified atom stereocenters. The quantitative estimate of drug-likeness (QED) is 0.456. The third kappa shape index (κ3) is 4.02. The van der Waals surface area contributed by atoms with Gasteiger partial charge in [0.15, 0.2) is 11.5 Å². The molecule has 3 rings (SSSR count). The van der Waals surface area contributed by atoms with Crippen LogP contribution in [0.15, 0.2) is 39.9 Å². The van der Waals surface area contributed by atoms with Crippen molar-refractivity contribution < 1.29 is 19.1 Å². The van der Waals surface area contributed by atoms with Crippen molar-refractivity contribution in [2.75, 3.05) is 12.1 Å². The zero-order valence-electron chi connectivity index (χ0n) is 14.1. The molecule has 0 saturated carbocycles. The molecule has 1 aliphatic heterocycles. The second-order valence-electron chi connectivity index (χ2n) is 5.68. The van der Waals surface area contributed by atoms with E-state index in [2.05, 4.69) is 31.8 Å². The van der Waals surface area contributed by atoms with Gasteiger partial charge in [-0.25, -0.2) is 5.43 Å². The molecular formula is C18H16BrN3O4. The van der Waals surface area contributed by atoms with E-state index < -0.39 is 11.8 Å². The number of hydrogen-bond donors (Lipinski definition) is 2. The standard InChI is InChI=1S/C18H16BrN3O4/c1-10-3-4-13(5-11(10)2)21-17(23)18(24)22-20-8-12-6-15-16(7-14(12)19)26-9-25-15/h3-8H,9H2,1-2H3,(H,21,23)(H,22,24)/b20-8-. The first-order valence-corrected chi connectivity index (χ1v) is 8.54. The minimum absolute atomic E-state index is 0.164. The average Bonchev–Trinajstić information content (AvgIpc) is 3.05. The van der Waals surface area contributed by atoms with E-state index in [0.717, 1.165) is 15.6 Å². The summed E-state index contributed by atoms with van der Waals surface area (Å²) in [6, 6.07) is 8.88. The molecule has 7 nitrogen and oxygen atoms in total. The summed E-state index contributed by atoms with van der Waals surface area (Å²) in [6.45, 7) is 4.06. The number of benzene rings is 2. The lowest BCUT2D eigenvalue weighted by Crippen LogP contribution is -2.32. The Bertz CT molecular complexity index is 912. The first-order valence-electron chi connectivity index (χ1n) is 7.75. The average molecular weight is 418 g/mol. The first kappa shape index (κ1) is 17.9. The highest BCUT2D eigenvalue weighted by atomic mass is 79.9. The number of hydrazone groups is 1. The molecule has 0 spiro atoms. The number of amides is 2. The van der Waals surface area contributed by atoms with Crippen molar-refractivity contribution in [3.63, 3.8) is 0 Å². The first-order chi connectivity index (χ1) is 12.4. The van der Waals surface area contributed by atoms with Gasteiger partial charge in [-0.15, -0.1) is 0 Å². The van der Waals surface area contributed by atoms with Crippen molar-refractivity contribution in [2.24, 2.45) is 5.10 Å². The molecule has 2 aromatic rings. The third-order valence-corrected chi connectivity index (χ3v) is 4.52. The smallest absolute Gasteiger partial charge is 0.329 e. The van der Waals surface area contributed by atoms with Gasteiger partial charge in [-0.3, -0.25) is 9.59 Å². The van der Waals surface area contributed by atoms with E-state index in [9.17, 15) is 9.59 Å². The number of carbonyl (C=O) groups excluding carboxylic acids is 2. The molecule has 0 fully saturated rings. The van der Waals surface area contributed by atoms with E-state index >= 15 is 0 Å². The predicted octanol–water partition coefficient (Wildman–Crippen LogP) is 2.88. The molecule has 2 aromatic carbocycles. The molecule has 1 heterocycles. The Morgan fingerprint density at radius 3 is 2.54 bits per heavy atom. The van der Waals surface area contributed by atoms with Crippen LogP contribution in [0.1, 0.15) is 16.7 Å². The molecule has 1 aliphatic rings. The number of halogens is 1. The van der Waals surface area contributed by atoms with Gasteiger partial charge in [-0.1, -0.05) is 6.07 Å². The van der Waals surface area contributed by atoms with Gasteiger partial charge >= 0.3 is 11.8 Å². The van der Waals surface area contributed by atoms with Crippen LogP contribution in [0.4, 0.5) is 5.69 Å². The molecule has 2 amide bonds. The lowest BCUT2D eigenvalue weighted by atomic mass is 10.1. The fourth-order valence-electron chi connectivity index (χ4n) is 2.25. The maximum atomic E-state index is 11.9. The molecule has 0 saturated heterocycles. The van der Waals surface area contributed by atoms with Gasteiger partial charge in [0.2, 0.25) is 6.79 Å². The highest BCUT2D eigenvalue weighted by Gasteiger charge is 2.16. The number of nitrogens with one attached hydrogen (secondary N) is 2. The number of rotatable bonds is 3. The minimum Gasteiger partial charge on any atom is -0.454 e. The second-order valence-corrected chi connectivity index (χ2v) is 6.53.